The summed E-state index contributed by atoms with van der Waals surface area (Å²) in [4.78, 5) is 39.4. The lowest BCUT2D eigenvalue weighted by Crippen LogP contribution is -2.47. The number of carbonyl (C=O) groups excluding carboxylic acids is 1. The number of anilines is 2. The average Bonchev–Trinajstić information content (AvgIpc) is 3.35. The Morgan fingerprint density at radius 1 is 1.23 bits per heavy atom. The highest BCUT2D eigenvalue weighted by Gasteiger charge is 2.49. The van der Waals surface area contributed by atoms with Gasteiger partial charge in [0.15, 0.2) is 0 Å². The molecule has 1 saturated heterocycles. The maximum atomic E-state index is 14.9. The van der Waals surface area contributed by atoms with E-state index in [0.717, 1.165) is 28.2 Å². The lowest BCUT2D eigenvalue weighted by Gasteiger charge is -2.40. The first kappa shape index (κ1) is 28.1. The number of likely N-dealkylation sites (tertiary alicyclic amines) is 1. The molecule has 0 bridgehead atoms. The molecule has 216 valence electrons. The molecule has 3 aliphatic rings. The zero-order valence-electron chi connectivity index (χ0n) is 24.3. The molecule has 10 heteroatoms. The van der Waals surface area contributed by atoms with Crippen molar-refractivity contribution in [2.24, 2.45) is 0 Å². The second-order valence-electron chi connectivity index (χ2n) is 12.7. The summed E-state index contributed by atoms with van der Waals surface area (Å²) in [5, 5.41) is 9.65. The van der Waals surface area contributed by atoms with Gasteiger partial charge in [0.25, 0.3) is 0 Å². The van der Waals surface area contributed by atoms with Crippen molar-refractivity contribution in [3.8, 4) is 0 Å². The Morgan fingerprint density at radius 2 is 1.93 bits per heavy atom. The van der Waals surface area contributed by atoms with Crippen molar-refractivity contribution in [3.05, 3.63) is 46.9 Å². The number of amides is 2. The topological polar surface area (TPSA) is 99.1 Å². The lowest BCUT2D eigenvalue weighted by molar-refractivity contribution is 0.0170. The number of carbonyl (C=O) groups is 2. The highest BCUT2D eigenvalue weighted by molar-refractivity contribution is 5.76. The molecule has 0 unspecified atom stereocenters. The van der Waals surface area contributed by atoms with Gasteiger partial charge in [0.05, 0.1) is 5.69 Å². The molecule has 2 aromatic rings. The summed E-state index contributed by atoms with van der Waals surface area (Å²) in [7, 11) is 0. The highest BCUT2D eigenvalue weighted by Crippen LogP contribution is 2.54. The Bertz CT molecular complexity index is 1300. The summed E-state index contributed by atoms with van der Waals surface area (Å²) in [6, 6.07) is 6.01. The molecule has 2 aliphatic heterocycles. The van der Waals surface area contributed by atoms with E-state index in [0.29, 0.717) is 51.1 Å². The third-order valence-electron chi connectivity index (χ3n) is 8.49. The van der Waals surface area contributed by atoms with Crippen molar-refractivity contribution >= 4 is 23.7 Å². The van der Waals surface area contributed by atoms with Gasteiger partial charge in [-0.2, -0.15) is 0 Å². The largest absolute Gasteiger partial charge is 0.465 e. The molecule has 2 amide bonds. The second-order valence-corrected chi connectivity index (χ2v) is 12.7. The van der Waals surface area contributed by atoms with Gasteiger partial charge < -0.3 is 24.5 Å². The minimum absolute atomic E-state index is 0.0122. The number of halogens is 1. The molecule has 1 aromatic carbocycles. The van der Waals surface area contributed by atoms with Gasteiger partial charge in [-0.05, 0) is 77.0 Å². The molecule has 40 heavy (non-hydrogen) atoms. The van der Waals surface area contributed by atoms with E-state index in [1.165, 1.54) is 11.2 Å². The van der Waals surface area contributed by atoms with Crippen LogP contribution in [0.2, 0.25) is 0 Å². The fourth-order valence-corrected chi connectivity index (χ4v) is 6.58. The van der Waals surface area contributed by atoms with Crippen LogP contribution in [0.3, 0.4) is 0 Å². The summed E-state index contributed by atoms with van der Waals surface area (Å²) in [5.74, 6) is 0.711. The van der Waals surface area contributed by atoms with E-state index in [1.54, 1.807) is 4.90 Å². The predicted octanol–water partition coefficient (Wildman–Crippen LogP) is 6.30. The van der Waals surface area contributed by atoms with E-state index in [2.05, 4.69) is 27.0 Å². The molecule has 5 rings (SSSR count). The van der Waals surface area contributed by atoms with Gasteiger partial charge in [-0.25, -0.2) is 23.9 Å². The van der Waals surface area contributed by atoms with Crippen LogP contribution in [-0.4, -0.2) is 68.3 Å². The molecule has 1 aliphatic carbocycles. The maximum absolute atomic E-state index is 14.9. The van der Waals surface area contributed by atoms with Crippen molar-refractivity contribution in [1.82, 2.24) is 19.8 Å². The Kier molecular flexibility index (Phi) is 7.17. The number of benzene rings is 1. The highest BCUT2D eigenvalue weighted by atomic mass is 19.1. The van der Waals surface area contributed by atoms with E-state index < -0.39 is 17.9 Å². The van der Waals surface area contributed by atoms with Crippen LogP contribution in [-0.2, 0) is 16.7 Å². The molecule has 1 N–H and O–H groups in total. The number of rotatable bonds is 4. The van der Waals surface area contributed by atoms with Crippen LogP contribution in [0.4, 0.5) is 25.5 Å². The third-order valence-corrected chi connectivity index (χ3v) is 8.49. The van der Waals surface area contributed by atoms with Crippen LogP contribution in [0.1, 0.15) is 95.3 Å². The zero-order valence-corrected chi connectivity index (χ0v) is 24.3. The van der Waals surface area contributed by atoms with Crippen LogP contribution in [0.15, 0.2) is 24.5 Å². The molecule has 1 fully saturated rings. The van der Waals surface area contributed by atoms with Crippen molar-refractivity contribution < 1.29 is 23.8 Å². The number of alkyl halides is 1. The normalized spacial score (nSPS) is 21.5. The summed E-state index contributed by atoms with van der Waals surface area (Å²) >= 11 is 0. The number of hydrogen-bond donors (Lipinski definition) is 1. The summed E-state index contributed by atoms with van der Waals surface area (Å²) in [5.41, 5.74) is 3.45. The molecule has 0 saturated carbocycles. The number of nitrogens with zero attached hydrogens (tertiary/aromatic N) is 5. The maximum Gasteiger partial charge on any atom is 0.410 e. The minimum Gasteiger partial charge on any atom is -0.465 e. The predicted molar refractivity (Wildman–Crippen MR) is 150 cm³/mol. The molecular weight excluding hydrogens is 513 g/mol. The molecule has 1 spiro atoms. The Labute approximate surface area is 235 Å². The Balaban J connectivity index is 1.60. The number of piperidine rings is 1. The summed E-state index contributed by atoms with van der Waals surface area (Å²) in [6.07, 6.45) is 0.724. The minimum atomic E-state index is -1.11. The van der Waals surface area contributed by atoms with Gasteiger partial charge in [-0.15, -0.1) is 0 Å². The van der Waals surface area contributed by atoms with Gasteiger partial charge in [0.2, 0.25) is 0 Å². The smallest absolute Gasteiger partial charge is 0.410 e. The Hall–Kier alpha value is -3.43. The van der Waals surface area contributed by atoms with Gasteiger partial charge in [-0.3, -0.25) is 0 Å². The molecule has 3 heterocycles. The summed E-state index contributed by atoms with van der Waals surface area (Å²) in [6.45, 7) is 13.3. The van der Waals surface area contributed by atoms with Gasteiger partial charge in [0.1, 0.15) is 23.9 Å². The number of hydrogen-bond acceptors (Lipinski definition) is 6. The van der Waals surface area contributed by atoms with Crippen molar-refractivity contribution in [3.63, 3.8) is 0 Å². The zero-order chi connectivity index (χ0) is 29.0. The van der Waals surface area contributed by atoms with E-state index in [-0.39, 0.29) is 23.5 Å². The van der Waals surface area contributed by atoms with E-state index in [9.17, 15) is 19.1 Å². The van der Waals surface area contributed by atoms with Crippen molar-refractivity contribution in [1.29, 1.82) is 0 Å². The van der Waals surface area contributed by atoms with E-state index in [4.69, 9.17) is 4.74 Å². The van der Waals surface area contributed by atoms with E-state index in [1.807, 2.05) is 47.6 Å². The van der Waals surface area contributed by atoms with Crippen LogP contribution < -0.4 is 4.90 Å². The van der Waals surface area contributed by atoms with Crippen molar-refractivity contribution in [2.45, 2.75) is 96.5 Å². The molecule has 1 aromatic heterocycles. The third kappa shape index (κ3) is 4.97. The standard InChI is InChI=1S/C30H40FN5O4/c1-18(2)35(28(39)40-29(4,5)6)15-20-8-7-9-22-24(20)30(10-12-34(13-11-30)27(37)38)16-36(22)26-23-19(3)14-21(31)25(23)32-17-33-26/h7-9,17-19,21H,10-16H2,1-6H3,(H,37,38)/t19-,21+/m1/s1. The second kappa shape index (κ2) is 10.2. The fraction of sp³-hybridized carbons (Fsp3) is 0.600. The number of fused-ring (bicyclic) bond motifs is 3. The van der Waals surface area contributed by atoms with Crippen LogP contribution in [0, 0.1) is 0 Å². The number of ether oxygens (including phenoxy) is 1. The Morgan fingerprint density at radius 3 is 2.55 bits per heavy atom. The number of carboxylic acid groups (broad SMARTS) is 1. The summed E-state index contributed by atoms with van der Waals surface area (Å²) < 4.78 is 20.6. The van der Waals surface area contributed by atoms with Crippen LogP contribution in [0.25, 0.3) is 0 Å². The van der Waals surface area contributed by atoms with Crippen LogP contribution >= 0.6 is 0 Å². The quantitative estimate of drug-likeness (QED) is 0.474. The average molecular weight is 554 g/mol. The first-order valence-corrected chi connectivity index (χ1v) is 14.2. The number of aromatic nitrogens is 2. The van der Waals surface area contributed by atoms with E-state index >= 15 is 0 Å². The fourth-order valence-electron chi connectivity index (χ4n) is 6.58. The molecular formula is C30H40FN5O4. The van der Waals surface area contributed by atoms with Crippen molar-refractivity contribution in [2.75, 3.05) is 24.5 Å². The molecule has 0 radical (unpaired) electrons. The SMILES string of the molecule is CC(C)N(Cc1cccc2c1C1(CCN(C(=O)O)CC1)CN2c1ncnc2c1[C@H](C)C[C@@H]2F)C(=O)OC(C)(C)C. The van der Waals surface area contributed by atoms with Gasteiger partial charge >= 0.3 is 12.2 Å². The first-order valence-electron chi connectivity index (χ1n) is 14.2. The van der Waals surface area contributed by atoms with Gasteiger partial charge in [0, 0.05) is 48.9 Å². The first-order chi connectivity index (χ1) is 18.8. The molecule has 9 nitrogen and oxygen atoms in total. The monoisotopic (exact) mass is 553 g/mol. The lowest BCUT2D eigenvalue weighted by atomic mass is 9.72. The van der Waals surface area contributed by atoms with Gasteiger partial charge in [-0.1, -0.05) is 19.1 Å². The molecule has 2 atom stereocenters. The van der Waals surface area contributed by atoms with Crippen LogP contribution in [0.5, 0.6) is 0 Å².